The molecule has 0 aliphatic heterocycles. The summed E-state index contributed by atoms with van der Waals surface area (Å²) in [4.78, 5) is 33.0. The largest absolute Gasteiger partial charge is 0.508 e. The van der Waals surface area contributed by atoms with Gasteiger partial charge in [-0.2, -0.15) is 0 Å². The van der Waals surface area contributed by atoms with E-state index in [4.69, 9.17) is 0 Å². The molecule has 102 valence electrons. The lowest BCUT2D eigenvalue weighted by atomic mass is 10.1. The number of rotatable bonds is 4. The highest BCUT2D eigenvalue weighted by atomic mass is 16.6. The van der Waals surface area contributed by atoms with Crippen LogP contribution in [0.3, 0.4) is 0 Å². The maximum absolute atomic E-state index is 11.8. The minimum atomic E-state index is -0.959. The second-order valence-corrected chi connectivity index (χ2v) is 3.68. The van der Waals surface area contributed by atoms with Crippen LogP contribution >= 0.6 is 0 Å². The summed E-state index contributed by atoms with van der Waals surface area (Å²) in [5.74, 6) is -1.82. The summed E-state index contributed by atoms with van der Waals surface area (Å²) in [7, 11) is 1.15. The van der Waals surface area contributed by atoms with Crippen LogP contribution < -0.4 is 5.32 Å². The van der Waals surface area contributed by atoms with E-state index in [2.05, 4.69) is 10.1 Å². The molecule has 0 aliphatic rings. The smallest absolute Gasteiger partial charge is 0.328 e. The van der Waals surface area contributed by atoms with Crippen LogP contribution in [0.25, 0.3) is 0 Å². The van der Waals surface area contributed by atoms with E-state index in [1.54, 1.807) is 0 Å². The minimum absolute atomic E-state index is 0.290. The number of nitrogens with zero attached hydrogens (tertiary/aromatic N) is 1. The Morgan fingerprint density at radius 3 is 2.63 bits per heavy atom. The van der Waals surface area contributed by atoms with Crippen LogP contribution in [0.15, 0.2) is 18.2 Å². The zero-order valence-electron chi connectivity index (χ0n) is 10.2. The van der Waals surface area contributed by atoms with Gasteiger partial charge in [0.25, 0.3) is 11.6 Å². The number of nitro groups is 1. The summed E-state index contributed by atoms with van der Waals surface area (Å²) < 4.78 is 4.41. The van der Waals surface area contributed by atoms with Gasteiger partial charge in [0.2, 0.25) is 0 Å². The molecule has 0 heterocycles. The fraction of sp³-hybridized carbons (Fsp3) is 0.273. The molecule has 19 heavy (non-hydrogen) atoms. The Labute approximate surface area is 108 Å². The van der Waals surface area contributed by atoms with Crippen LogP contribution in [0.5, 0.6) is 5.75 Å². The number of nitrogens with one attached hydrogen (secondary N) is 1. The van der Waals surface area contributed by atoms with Gasteiger partial charge in [0, 0.05) is 6.07 Å². The number of benzene rings is 1. The lowest BCUT2D eigenvalue weighted by Crippen LogP contribution is -2.39. The average molecular weight is 268 g/mol. The second kappa shape index (κ2) is 5.80. The molecular weight excluding hydrogens is 256 g/mol. The number of hydrogen-bond donors (Lipinski definition) is 2. The number of ether oxygens (including phenoxy) is 1. The quantitative estimate of drug-likeness (QED) is 0.468. The normalized spacial score (nSPS) is 11.5. The number of methoxy groups -OCH3 is 1. The third-order valence-corrected chi connectivity index (χ3v) is 2.32. The van der Waals surface area contributed by atoms with E-state index >= 15 is 0 Å². The molecular formula is C11H12N2O6. The molecule has 2 N–H and O–H groups in total. The predicted molar refractivity (Wildman–Crippen MR) is 63.7 cm³/mol. The van der Waals surface area contributed by atoms with Gasteiger partial charge in [-0.3, -0.25) is 14.9 Å². The Balaban J connectivity index is 3.02. The molecule has 1 aromatic carbocycles. The second-order valence-electron chi connectivity index (χ2n) is 3.68. The molecule has 0 bridgehead atoms. The van der Waals surface area contributed by atoms with Crippen molar-refractivity contribution < 1.29 is 24.4 Å². The van der Waals surface area contributed by atoms with Gasteiger partial charge < -0.3 is 15.2 Å². The van der Waals surface area contributed by atoms with Crippen molar-refractivity contribution in [2.45, 2.75) is 13.0 Å². The number of phenols is 1. The third-order valence-electron chi connectivity index (χ3n) is 2.32. The van der Waals surface area contributed by atoms with Crippen LogP contribution in [0, 0.1) is 10.1 Å². The maximum atomic E-state index is 11.8. The van der Waals surface area contributed by atoms with Gasteiger partial charge in [0.15, 0.2) is 0 Å². The minimum Gasteiger partial charge on any atom is -0.508 e. The van der Waals surface area contributed by atoms with E-state index in [0.717, 1.165) is 25.3 Å². The first kappa shape index (κ1) is 14.4. The molecule has 1 rings (SSSR count). The summed E-state index contributed by atoms with van der Waals surface area (Å²) in [5, 5.41) is 22.3. The Morgan fingerprint density at radius 2 is 2.11 bits per heavy atom. The fourth-order valence-electron chi connectivity index (χ4n) is 1.38. The van der Waals surface area contributed by atoms with E-state index in [1.807, 2.05) is 0 Å². The molecule has 0 saturated heterocycles. The third kappa shape index (κ3) is 3.41. The van der Waals surface area contributed by atoms with Crippen molar-refractivity contribution in [1.82, 2.24) is 5.32 Å². The molecule has 1 atom stereocenters. The number of aromatic hydroxyl groups is 1. The molecule has 0 aliphatic carbocycles. The van der Waals surface area contributed by atoms with Crippen molar-refractivity contribution in [3.05, 3.63) is 33.9 Å². The molecule has 0 spiro atoms. The van der Waals surface area contributed by atoms with Crippen molar-refractivity contribution in [2.24, 2.45) is 0 Å². The number of hydrogen-bond acceptors (Lipinski definition) is 6. The number of amides is 1. The van der Waals surface area contributed by atoms with Crippen molar-refractivity contribution in [3.8, 4) is 5.75 Å². The van der Waals surface area contributed by atoms with Crippen LogP contribution in [-0.4, -0.2) is 35.1 Å². The molecule has 8 nitrogen and oxygen atoms in total. The first-order valence-electron chi connectivity index (χ1n) is 5.23. The van der Waals surface area contributed by atoms with Crippen molar-refractivity contribution >= 4 is 17.6 Å². The molecule has 0 radical (unpaired) electrons. The molecule has 0 aromatic heterocycles. The van der Waals surface area contributed by atoms with Crippen LogP contribution in [0.1, 0.15) is 17.3 Å². The Bertz CT molecular complexity index is 528. The molecule has 0 saturated carbocycles. The Hall–Kier alpha value is -2.64. The van der Waals surface area contributed by atoms with Crippen LogP contribution in [0.4, 0.5) is 5.69 Å². The van der Waals surface area contributed by atoms with Crippen molar-refractivity contribution in [2.75, 3.05) is 7.11 Å². The molecule has 8 heteroatoms. The van der Waals surface area contributed by atoms with E-state index < -0.39 is 28.5 Å². The molecule has 1 unspecified atom stereocenters. The van der Waals surface area contributed by atoms with Crippen molar-refractivity contribution in [3.63, 3.8) is 0 Å². The molecule has 0 fully saturated rings. The standard InChI is InChI=1S/C11H12N2O6/c1-6(11(16)19-2)12-10(15)8-5-7(14)3-4-9(8)13(17)18/h3-6,14H,1-2H3,(H,12,15). The zero-order valence-corrected chi connectivity index (χ0v) is 10.2. The van der Waals surface area contributed by atoms with Gasteiger partial charge in [-0.15, -0.1) is 0 Å². The molecule has 1 amide bonds. The average Bonchev–Trinajstić information content (AvgIpc) is 2.36. The summed E-state index contributed by atoms with van der Waals surface area (Å²) in [5.41, 5.74) is -0.798. The van der Waals surface area contributed by atoms with E-state index in [-0.39, 0.29) is 11.3 Å². The summed E-state index contributed by atoms with van der Waals surface area (Å²) in [6.45, 7) is 1.37. The highest BCUT2D eigenvalue weighted by Crippen LogP contribution is 2.23. The van der Waals surface area contributed by atoms with Crippen LogP contribution in [-0.2, 0) is 9.53 Å². The lowest BCUT2D eigenvalue weighted by Gasteiger charge is -2.11. The first-order valence-corrected chi connectivity index (χ1v) is 5.23. The lowest BCUT2D eigenvalue weighted by molar-refractivity contribution is -0.385. The van der Waals surface area contributed by atoms with Gasteiger partial charge in [-0.25, -0.2) is 4.79 Å². The highest BCUT2D eigenvalue weighted by Gasteiger charge is 2.24. The van der Waals surface area contributed by atoms with E-state index in [9.17, 15) is 24.8 Å². The Kier molecular flexibility index (Phi) is 4.41. The van der Waals surface area contributed by atoms with E-state index in [1.165, 1.54) is 6.92 Å². The maximum Gasteiger partial charge on any atom is 0.328 e. The number of nitro benzene ring substituents is 1. The predicted octanol–water partition coefficient (Wildman–Crippen LogP) is 0.592. The molecule has 1 aromatic rings. The zero-order chi connectivity index (χ0) is 14.6. The van der Waals surface area contributed by atoms with Crippen LogP contribution in [0.2, 0.25) is 0 Å². The summed E-state index contributed by atoms with van der Waals surface area (Å²) in [6, 6.07) is 2.10. The number of esters is 1. The van der Waals surface area contributed by atoms with Gasteiger partial charge in [-0.05, 0) is 19.1 Å². The number of carbonyl (C=O) groups excluding carboxylic acids is 2. The summed E-state index contributed by atoms with van der Waals surface area (Å²) in [6.07, 6.45) is 0. The van der Waals surface area contributed by atoms with Gasteiger partial charge in [0.05, 0.1) is 12.0 Å². The van der Waals surface area contributed by atoms with Gasteiger partial charge in [0.1, 0.15) is 17.4 Å². The number of phenolic OH excluding ortho intramolecular Hbond substituents is 1. The van der Waals surface area contributed by atoms with Gasteiger partial charge in [-0.1, -0.05) is 0 Å². The first-order chi connectivity index (χ1) is 8.86. The fourth-order valence-corrected chi connectivity index (χ4v) is 1.38. The van der Waals surface area contributed by atoms with Gasteiger partial charge >= 0.3 is 5.97 Å². The SMILES string of the molecule is COC(=O)C(C)NC(=O)c1cc(O)ccc1[N+](=O)[O-]. The van der Waals surface area contributed by atoms with E-state index in [0.29, 0.717) is 0 Å². The highest BCUT2D eigenvalue weighted by molar-refractivity contribution is 6.00. The van der Waals surface area contributed by atoms with Crippen molar-refractivity contribution in [1.29, 1.82) is 0 Å². The Morgan fingerprint density at radius 1 is 1.47 bits per heavy atom. The monoisotopic (exact) mass is 268 g/mol. The number of carbonyl (C=O) groups is 2. The summed E-state index contributed by atoms with van der Waals surface area (Å²) >= 11 is 0. The topological polar surface area (TPSA) is 119 Å².